The molecule has 0 aromatic rings. The number of hydrogen-bond acceptors (Lipinski definition) is 3. The van der Waals surface area contributed by atoms with Crippen molar-refractivity contribution >= 4 is 5.97 Å². The molecule has 0 rings (SSSR count). The molecule has 9 heavy (non-hydrogen) atoms. The Morgan fingerprint density at radius 1 is 1.89 bits per heavy atom. The number of carbonyl (C=O) groups excluding carboxylic acids is 1. The van der Waals surface area contributed by atoms with Crippen molar-refractivity contribution in [2.75, 3.05) is 0 Å². The molecule has 0 aliphatic heterocycles. The summed E-state index contributed by atoms with van der Waals surface area (Å²) < 4.78 is 32.1. The Morgan fingerprint density at radius 2 is 2.44 bits per heavy atom. The first-order chi connectivity index (χ1) is 5.59. The van der Waals surface area contributed by atoms with Crippen molar-refractivity contribution in [1.82, 2.24) is 0 Å². The van der Waals surface area contributed by atoms with Gasteiger partial charge in [0.15, 0.2) is 0 Å². The van der Waals surface area contributed by atoms with E-state index in [-0.39, 0.29) is 0 Å². The lowest BCUT2D eigenvalue weighted by atomic mass is 10.4. The Morgan fingerprint density at radius 3 is 2.78 bits per heavy atom. The van der Waals surface area contributed by atoms with Crippen LogP contribution in [0.25, 0.3) is 0 Å². The predicted octanol–water partition coefficient (Wildman–Crippen LogP) is 0.285. The van der Waals surface area contributed by atoms with Crippen LogP contribution in [0.4, 0.5) is 0 Å². The van der Waals surface area contributed by atoms with Gasteiger partial charge in [-0.1, -0.05) is 0 Å². The highest BCUT2D eigenvalue weighted by molar-refractivity contribution is 5.74. The molecule has 3 heteroatoms. The molecule has 0 unspecified atom stereocenters. The van der Waals surface area contributed by atoms with E-state index < -0.39 is 24.9 Å². The van der Waals surface area contributed by atoms with Gasteiger partial charge in [0, 0.05) is 4.11 Å². The van der Waals surface area contributed by atoms with Crippen LogP contribution < -0.4 is 5.73 Å². The fourth-order valence-corrected chi connectivity index (χ4v) is 0.278. The maximum atomic E-state index is 11.0. The zero-order valence-electron chi connectivity index (χ0n) is 9.47. The van der Waals surface area contributed by atoms with Crippen LogP contribution in [0.1, 0.15) is 26.2 Å². The van der Waals surface area contributed by atoms with Gasteiger partial charge < -0.3 is 10.5 Å². The number of ether oxygens (including phenoxy) is 1. The van der Waals surface area contributed by atoms with Crippen LogP contribution in [0, 0.1) is 0 Å². The van der Waals surface area contributed by atoms with Crippen molar-refractivity contribution in [3.05, 3.63) is 0 Å². The Balaban J connectivity index is 4.56. The van der Waals surface area contributed by atoms with E-state index in [0.717, 1.165) is 0 Å². The van der Waals surface area contributed by atoms with Gasteiger partial charge in [0.1, 0.15) is 6.02 Å². The highest BCUT2D eigenvalue weighted by atomic mass is 16.5. The second-order valence-corrected chi connectivity index (χ2v) is 1.87. The molecular weight excluding hydrogens is 118 g/mol. The second kappa shape index (κ2) is 3.45. The minimum atomic E-state index is -2.88. The fraction of sp³-hybridized carbons (Fsp3) is 0.833. The molecule has 0 heterocycles. The molecule has 0 radical (unpaired) electrons. The van der Waals surface area contributed by atoms with E-state index in [2.05, 4.69) is 4.74 Å². The first kappa shape index (κ1) is 3.56. The van der Waals surface area contributed by atoms with E-state index in [4.69, 9.17) is 11.2 Å². The van der Waals surface area contributed by atoms with Crippen LogP contribution in [0.3, 0.4) is 0 Å². The smallest absolute Gasteiger partial charge is 0.322 e. The van der Waals surface area contributed by atoms with E-state index in [0.29, 0.717) is 0 Å². The summed E-state index contributed by atoms with van der Waals surface area (Å²) in [6.45, 7) is 0.222. The lowest BCUT2D eigenvalue weighted by Gasteiger charge is -2.08. The lowest BCUT2D eigenvalue weighted by Crippen LogP contribution is -2.30. The van der Waals surface area contributed by atoms with Gasteiger partial charge in [0.25, 0.3) is 0 Å². The van der Waals surface area contributed by atoms with Crippen LogP contribution in [0.5, 0.6) is 0 Å². The maximum Gasteiger partial charge on any atom is 0.322 e. The van der Waals surface area contributed by atoms with E-state index in [1.807, 2.05) is 0 Å². The van der Waals surface area contributed by atoms with Crippen LogP contribution in [0.2, 0.25) is 0 Å². The molecule has 2 N–H and O–H groups in total. The van der Waals surface area contributed by atoms with Crippen LogP contribution in [-0.2, 0) is 9.53 Å². The summed E-state index contributed by atoms with van der Waals surface area (Å²) in [7, 11) is 0. The van der Waals surface area contributed by atoms with E-state index >= 15 is 0 Å². The van der Waals surface area contributed by atoms with Gasteiger partial charge in [0.2, 0.25) is 0 Å². The number of carbonyl (C=O) groups is 1. The second-order valence-electron chi connectivity index (χ2n) is 1.87. The minimum absolute atomic E-state index is 0.483. The van der Waals surface area contributed by atoms with Gasteiger partial charge in [-0.3, -0.25) is 4.79 Å². The average Bonchev–Trinajstić information content (AvgIpc) is 1.82. The van der Waals surface area contributed by atoms with Crippen molar-refractivity contribution in [1.29, 1.82) is 0 Å². The molecular formula is C6H13NO2. The number of nitrogens with two attached hydrogens (primary N) is 1. The Kier molecular flexibility index (Phi) is 1.37. The van der Waals surface area contributed by atoms with Crippen LogP contribution >= 0.6 is 0 Å². The van der Waals surface area contributed by atoms with Gasteiger partial charge in [-0.25, -0.2) is 0 Å². The largest absolute Gasteiger partial charge is 0.462 e. The molecule has 0 fully saturated rings. The molecule has 0 aromatic heterocycles. The van der Waals surface area contributed by atoms with Gasteiger partial charge in [-0.2, -0.15) is 0 Å². The third-order valence-electron chi connectivity index (χ3n) is 0.563. The summed E-state index contributed by atoms with van der Waals surface area (Å²) in [5.74, 6) is -1.23. The summed E-state index contributed by atoms with van der Waals surface area (Å²) in [5.41, 5.74) is 5.02. The molecule has 0 saturated carbocycles. The van der Waals surface area contributed by atoms with Gasteiger partial charge in [-0.15, -0.1) is 0 Å². The summed E-state index contributed by atoms with van der Waals surface area (Å²) in [6.07, 6.45) is -0.483. The molecule has 1 atom stereocenters. The molecule has 0 saturated heterocycles. The average molecular weight is 135 g/mol. The molecule has 0 bridgehead atoms. The maximum absolute atomic E-state index is 11.0. The van der Waals surface area contributed by atoms with E-state index in [9.17, 15) is 4.79 Å². The summed E-state index contributed by atoms with van der Waals surface area (Å²) in [4.78, 5) is 11.0. The Hall–Kier alpha value is -0.570. The monoisotopic (exact) mass is 135 g/mol. The fourth-order valence-electron chi connectivity index (χ4n) is 0.278. The van der Waals surface area contributed by atoms with Crippen molar-refractivity contribution in [3.63, 3.8) is 0 Å². The van der Waals surface area contributed by atoms with Gasteiger partial charge >= 0.3 is 5.97 Å². The zero-order chi connectivity index (χ0) is 10.9. The summed E-state index contributed by atoms with van der Waals surface area (Å²) >= 11 is 0. The van der Waals surface area contributed by atoms with Crippen molar-refractivity contribution in [2.45, 2.75) is 32.8 Å². The van der Waals surface area contributed by atoms with E-state index in [1.54, 1.807) is 13.8 Å². The highest BCUT2D eigenvalue weighted by Crippen LogP contribution is 1.90. The van der Waals surface area contributed by atoms with Crippen molar-refractivity contribution < 1.29 is 15.0 Å². The van der Waals surface area contributed by atoms with Crippen LogP contribution in [-0.4, -0.2) is 18.1 Å². The lowest BCUT2D eigenvalue weighted by molar-refractivity contribution is -0.148. The van der Waals surface area contributed by atoms with Crippen molar-refractivity contribution in [2.24, 2.45) is 5.73 Å². The SMILES string of the molecule is [2H]C([2H])([2H])[C@]([2H])(N)C(=O)OC(C)C. The number of hydrogen-bond donors (Lipinski definition) is 1. The van der Waals surface area contributed by atoms with Gasteiger partial charge in [-0.05, 0) is 20.7 Å². The van der Waals surface area contributed by atoms with E-state index in [1.165, 1.54) is 0 Å². The first-order valence-corrected chi connectivity index (χ1v) is 2.59. The molecule has 3 nitrogen and oxygen atoms in total. The first-order valence-electron chi connectivity index (χ1n) is 4.59. The molecule has 0 aromatic carbocycles. The number of rotatable bonds is 2. The molecule has 0 spiro atoms. The number of esters is 1. The quantitative estimate of drug-likeness (QED) is 0.553. The Labute approximate surface area is 60.8 Å². The predicted molar refractivity (Wildman–Crippen MR) is 34.9 cm³/mol. The topological polar surface area (TPSA) is 52.3 Å². The van der Waals surface area contributed by atoms with Crippen LogP contribution in [0.15, 0.2) is 0 Å². The molecule has 0 amide bonds. The van der Waals surface area contributed by atoms with Gasteiger partial charge in [0.05, 0.1) is 7.47 Å². The highest BCUT2D eigenvalue weighted by Gasteiger charge is 2.09. The molecule has 0 aliphatic rings. The third kappa shape index (κ3) is 3.97. The summed E-state index contributed by atoms with van der Waals surface area (Å²) in [6, 6.07) is -2.68. The summed E-state index contributed by atoms with van der Waals surface area (Å²) in [5, 5.41) is 0. The third-order valence-corrected chi connectivity index (χ3v) is 0.563. The Bertz CT molecular complexity index is 199. The molecule has 0 aliphatic carbocycles. The molecule has 54 valence electrons. The zero-order valence-corrected chi connectivity index (χ0v) is 5.47. The normalized spacial score (nSPS) is 24.9. The van der Waals surface area contributed by atoms with Crippen molar-refractivity contribution in [3.8, 4) is 0 Å². The minimum Gasteiger partial charge on any atom is -0.462 e. The standard InChI is InChI=1S/C6H13NO2/c1-4(2)9-6(8)5(3)7/h4-5H,7H2,1-3H3/t5-/m0/s1/i3D3,5D.